The summed E-state index contributed by atoms with van der Waals surface area (Å²) in [5.41, 5.74) is 1.66. The van der Waals surface area contributed by atoms with Crippen molar-refractivity contribution in [2.24, 2.45) is 0 Å². The molecule has 1 rings (SSSR count). The van der Waals surface area contributed by atoms with Crippen LogP contribution in [0, 0.1) is 0 Å². The molecule has 0 radical (unpaired) electrons. The Balaban J connectivity index is 2.99. The van der Waals surface area contributed by atoms with Crippen molar-refractivity contribution in [1.29, 1.82) is 0 Å². The van der Waals surface area contributed by atoms with E-state index in [1.54, 1.807) is 12.1 Å². The van der Waals surface area contributed by atoms with E-state index in [1.165, 1.54) is 5.56 Å². The molecule has 0 saturated carbocycles. The van der Waals surface area contributed by atoms with E-state index in [2.05, 4.69) is 20.8 Å². The zero-order valence-corrected chi connectivity index (χ0v) is 8.87. The van der Waals surface area contributed by atoms with E-state index >= 15 is 0 Å². The third-order valence-corrected chi connectivity index (χ3v) is 2.80. The summed E-state index contributed by atoms with van der Waals surface area (Å²) >= 11 is 0. The Hall–Kier alpha value is -1.31. The van der Waals surface area contributed by atoms with Crippen LogP contribution in [-0.2, 0) is 5.41 Å². The molecule has 0 unspecified atom stereocenters. The van der Waals surface area contributed by atoms with Crippen LogP contribution < -0.4 is 0 Å². The van der Waals surface area contributed by atoms with Crippen LogP contribution >= 0.6 is 0 Å². The summed E-state index contributed by atoms with van der Waals surface area (Å²) < 4.78 is 0. The average Bonchev–Trinajstić information content (AvgIpc) is 2.18. The number of carboxylic acids is 1. The molecule has 0 aliphatic carbocycles. The number of hydrogen-bond acceptors (Lipinski definition) is 1. The number of carbonyl (C=O) groups is 1. The van der Waals surface area contributed by atoms with E-state index in [1.807, 2.05) is 12.1 Å². The SMILES string of the molecule is CCC(C)(C)c1ccc(C(=O)O)cc1. The van der Waals surface area contributed by atoms with Crippen LogP contribution in [0.25, 0.3) is 0 Å². The Labute approximate surface area is 84.6 Å². The first-order valence-corrected chi connectivity index (χ1v) is 4.81. The Bertz CT molecular complexity index is 323. The minimum atomic E-state index is -0.870. The second-order valence-corrected chi connectivity index (χ2v) is 4.12. The van der Waals surface area contributed by atoms with Crippen LogP contribution in [0.5, 0.6) is 0 Å². The summed E-state index contributed by atoms with van der Waals surface area (Å²) in [6.45, 7) is 6.44. The maximum atomic E-state index is 10.6. The van der Waals surface area contributed by atoms with Crippen LogP contribution in [0.1, 0.15) is 43.1 Å². The quantitative estimate of drug-likeness (QED) is 0.799. The second kappa shape index (κ2) is 3.82. The van der Waals surface area contributed by atoms with Gasteiger partial charge in [0.1, 0.15) is 0 Å². The summed E-state index contributed by atoms with van der Waals surface area (Å²) in [7, 11) is 0. The van der Waals surface area contributed by atoms with Crippen LogP contribution in [0.2, 0.25) is 0 Å². The van der Waals surface area contributed by atoms with Gasteiger partial charge in [0.15, 0.2) is 0 Å². The Morgan fingerprint density at radius 1 is 1.29 bits per heavy atom. The number of aromatic carboxylic acids is 1. The Morgan fingerprint density at radius 2 is 1.79 bits per heavy atom. The van der Waals surface area contributed by atoms with E-state index in [4.69, 9.17) is 5.11 Å². The molecule has 0 heterocycles. The molecule has 0 aliphatic heterocycles. The standard InChI is InChI=1S/C12H16O2/c1-4-12(2,3)10-7-5-9(6-8-10)11(13)14/h5-8H,4H2,1-3H3,(H,13,14). The highest BCUT2D eigenvalue weighted by atomic mass is 16.4. The van der Waals surface area contributed by atoms with Crippen molar-refractivity contribution < 1.29 is 9.90 Å². The fraction of sp³-hybridized carbons (Fsp3) is 0.417. The highest BCUT2D eigenvalue weighted by Crippen LogP contribution is 2.26. The predicted octanol–water partition coefficient (Wildman–Crippen LogP) is 3.07. The first kappa shape index (κ1) is 10.8. The van der Waals surface area contributed by atoms with Gasteiger partial charge in [-0.2, -0.15) is 0 Å². The Morgan fingerprint density at radius 3 is 2.14 bits per heavy atom. The molecule has 1 N–H and O–H groups in total. The van der Waals surface area contributed by atoms with Gasteiger partial charge in [-0.15, -0.1) is 0 Å². The van der Waals surface area contributed by atoms with Gasteiger partial charge in [0, 0.05) is 0 Å². The number of rotatable bonds is 3. The fourth-order valence-electron chi connectivity index (χ4n) is 1.27. The van der Waals surface area contributed by atoms with Gasteiger partial charge in [-0.3, -0.25) is 0 Å². The highest BCUT2D eigenvalue weighted by molar-refractivity contribution is 5.87. The number of carboxylic acid groups (broad SMARTS) is 1. The van der Waals surface area contributed by atoms with E-state index in [0.717, 1.165) is 6.42 Å². The third-order valence-electron chi connectivity index (χ3n) is 2.80. The normalized spacial score (nSPS) is 11.4. The molecule has 1 aromatic rings. The lowest BCUT2D eigenvalue weighted by atomic mass is 9.82. The lowest BCUT2D eigenvalue weighted by Crippen LogP contribution is -2.15. The van der Waals surface area contributed by atoms with Gasteiger partial charge < -0.3 is 5.11 Å². The molecule has 0 bridgehead atoms. The van der Waals surface area contributed by atoms with Gasteiger partial charge >= 0.3 is 5.97 Å². The van der Waals surface area contributed by atoms with Crippen molar-refractivity contribution in [2.45, 2.75) is 32.6 Å². The fourth-order valence-corrected chi connectivity index (χ4v) is 1.27. The second-order valence-electron chi connectivity index (χ2n) is 4.12. The lowest BCUT2D eigenvalue weighted by Gasteiger charge is -2.23. The lowest BCUT2D eigenvalue weighted by molar-refractivity contribution is 0.0697. The van der Waals surface area contributed by atoms with Gasteiger partial charge in [0.25, 0.3) is 0 Å². The molecule has 0 spiro atoms. The zero-order valence-electron chi connectivity index (χ0n) is 8.87. The summed E-state index contributed by atoms with van der Waals surface area (Å²) in [5, 5.41) is 8.74. The monoisotopic (exact) mass is 192 g/mol. The van der Waals surface area contributed by atoms with Crippen LogP contribution in [-0.4, -0.2) is 11.1 Å². The molecule has 1 aromatic carbocycles. The van der Waals surface area contributed by atoms with Gasteiger partial charge in [-0.05, 0) is 29.5 Å². The van der Waals surface area contributed by atoms with Gasteiger partial charge in [-0.25, -0.2) is 4.79 Å². The summed E-state index contributed by atoms with van der Waals surface area (Å²) in [4.78, 5) is 10.6. The van der Waals surface area contributed by atoms with Crippen molar-refractivity contribution in [3.8, 4) is 0 Å². The van der Waals surface area contributed by atoms with Crippen molar-refractivity contribution in [1.82, 2.24) is 0 Å². The minimum Gasteiger partial charge on any atom is -0.478 e. The van der Waals surface area contributed by atoms with Gasteiger partial charge in [0.2, 0.25) is 0 Å². The summed E-state index contributed by atoms with van der Waals surface area (Å²) in [6, 6.07) is 7.12. The van der Waals surface area contributed by atoms with Crippen molar-refractivity contribution in [3.05, 3.63) is 35.4 Å². The Kier molecular flexibility index (Phi) is 2.94. The predicted molar refractivity (Wildman–Crippen MR) is 56.7 cm³/mol. The smallest absolute Gasteiger partial charge is 0.335 e. The average molecular weight is 192 g/mol. The maximum absolute atomic E-state index is 10.6. The number of benzene rings is 1. The first-order chi connectivity index (χ1) is 6.47. The molecule has 0 aromatic heterocycles. The molecule has 0 aliphatic rings. The molecular formula is C12H16O2. The highest BCUT2D eigenvalue weighted by Gasteiger charge is 2.17. The summed E-state index contributed by atoms with van der Waals surface area (Å²) in [6.07, 6.45) is 1.04. The third kappa shape index (κ3) is 2.13. The van der Waals surface area contributed by atoms with Crippen LogP contribution in [0.4, 0.5) is 0 Å². The molecule has 2 nitrogen and oxygen atoms in total. The van der Waals surface area contributed by atoms with Crippen molar-refractivity contribution in [2.75, 3.05) is 0 Å². The topological polar surface area (TPSA) is 37.3 Å². The molecule has 76 valence electrons. The molecule has 2 heteroatoms. The van der Waals surface area contributed by atoms with Crippen LogP contribution in [0.15, 0.2) is 24.3 Å². The van der Waals surface area contributed by atoms with Gasteiger partial charge in [-0.1, -0.05) is 32.9 Å². The molecular weight excluding hydrogens is 176 g/mol. The zero-order chi connectivity index (χ0) is 10.8. The molecule has 0 fully saturated rings. The molecule has 0 amide bonds. The van der Waals surface area contributed by atoms with E-state index in [9.17, 15) is 4.79 Å². The maximum Gasteiger partial charge on any atom is 0.335 e. The molecule has 0 saturated heterocycles. The molecule has 0 atom stereocenters. The van der Waals surface area contributed by atoms with E-state index in [0.29, 0.717) is 5.56 Å². The van der Waals surface area contributed by atoms with Crippen molar-refractivity contribution in [3.63, 3.8) is 0 Å². The van der Waals surface area contributed by atoms with E-state index in [-0.39, 0.29) is 5.41 Å². The van der Waals surface area contributed by atoms with Crippen molar-refractivity contribution >= 4 is 5.97 Å². The van der Waals surface area contributed by atoms with Gasteiger partial charge in [0.05, 0.1) is 5.56 Å². The first-order valence-electron chi connectivity index (χ1n) is 4.81. The van der Waals surface area contributed by atoms with E-state index < -0.39 is 5.97 Å². The summed E-state index contributed by atoms with van der Waals surface area (Å²) in [5.74, 6) is -0.870. The largest absolute Gasteiger partial charge is 0.478 e. The van der Waals surface area contributed by atoms with Crippen LogP contribution in [0.3, 0.4) is 0 Å². The minimum absolute atomic E-state index is 0.122. The number of hydrogen-bond donors (Lipinski definition) is 1. The molecule has 14 heavy (non-hydrogen) atoms.